The maximum Gasteiger partial charge on any atom is 0.326 e. The summed E-state index contributed by atoms with van der Waals surface area (Å²) in [5.74, 6) is -4.84. The fourth-order valence-corrected chi connectivity index (χ4v) is 1.19. The normalized spacial score (nSPS) is 12.2. The van der Waals surface area contributed by atoms with Crippen LogP contribution in [0.15, 0.2) is 12.1 Å². The maximum atomic E-state index is 13.1. The van der Waals surface area contributed by atoms with E-state index >= 15 is 0 Å². The van der Waals surface area contributed by atoms with Crippen LogP contribution in [0.1, 0.15) is 13.3 Å². The van der Waals surface area contributed by atoms with Crippen molar-refractivity contribution in [3.63, 3.8) is 0 Å². The first kappa shape index (κ1) is 12.4. The van der Waals surface area contributed by atoms with E-state index in [-0.39, 0.29) is 6.42 Å². The Bertz CT molecular complexity index is 409. The SMILES string of the molecule is CCC(Nc1cc(F)cc(F)c1F)C(=O)O. The molecule has 1 aromatic carbocycles. The molecule has 0 spiro atoms. The van der Waals surface area contributed by atoms with Gasteiger partial charge in [0.05, 0.1) is 5.69 Å². The Balaban J connectivity index is 3.00. The van der Waals surface area contributed by atoms with E-state index in [1.807, 2.05) is 0 Å². The van der Waals surface area contributed by atoms with Crippen molar-refractivity contribution >= 4 is 11.7 Å². The molecule has 3 nitrogen and oxygen atoms in total. The van der Waals surface area contributed by atoms with Crippen LogP contribution in [0.25, 0.3) is 0 Å². The van der Waals surface area contributed by atoms with Crippen molar-refractivity contribution in [2.75, 3.05) is 5.32 Å². The highest BCUT2D eigenvalue weighted by Crippen LogP contribution is 2.20. The number of hydrogen-bond acceptors (Lipinski definition) is 2. The topological polar surface area (TPSA) is 49.3 Å². The molecule has 2 N–H and O–H groups in total. The standard InChI is InChI=1S/C10H10F3NO2/c1-2-7(10(15)16)14-8-4-5(11)3-6(12)9(8)13/h3-4,7,14H,2H2,1H3,(H,15,16). The summed E-state index contributed by atoms with van der Waals surface area (Å²) in [5.41, 5.74) is -0.494. The van der Waals surface area contributed by atoms with Gasteiger partial charge in [-0.05, 0) is 6.42 Å². The van der Waals surface area contributed by atoms with Crippen molar-refractivity contribution in [3.8, 4) is 0 Å². The predicted molar refractivity (Wildman–Crippen MR) is 51.7 cm³/mol. The highest BCUT2D eigenvalue weighted by atomic mass is 19.2. The molecule has 0 aliphatic rings. The maximum absolute atomic E-state index is 13.1. The van der Waals surface area contributed by atoms with E-state index in [1.165, 1.54) is 0 Å². The van der Waals surface area contributed by atoms with E-state index in [0.29, 0.717) is 12.1 Å². The van der Waals surface area contributed by atoms with Gasteiger partial charge in [0.1, 0.15) is 11.9 Å². The Morgan fingerprint density at radius 3 is 2.56 bits per heavy atom. The van der Waals surface area contributed by atoms with E-state index in [1.54, 1.807) is 6.92 Å². The van der Waals surface area contributed by atoms with Gasteiger partial charge in [0.25, 0.3) is 0 Å². The number of carbonyl (C=O) groups is 1. The van der Waals surface area contributed by atoms with Crippen molar-refractivity contribution in [2.45, 2.75) is 19.4 Å². The lowest BCUT2D eigenvalue weighted by Crippen LogP contribution is -2.28. The third-order valence-electron chi connectivity index (χ3n) is 2.03. The zero-order chi connectivity index (χ0) is 12.3. The molecule has 0 aromatic heterocycles. The van der Waals surface area contributed by atoms with Gasteiger partial charge in [0, 0.05) is 12.1 Å². The molecule has 0 saturated heterocycles. The molecular weight excluding hydrogens is 223 g/mol. The minimum atomic E-state index is -1.36. The molecule has 0 aliphatic heterocycles. The van der Waals surface area contributed by atoms with Crippen LogP contribution in [-0.4, -0.2) is 17.1 Å². The van der Waals surface area contributed by atoms with Crippen molar-refractivity contribution in [1.29, 1.82) is 0 Å². The summed E-state index contributed by atoms with van der Waals surface area (Å²) in [6, 6.07) is 0.0161. The molecule has 0 fully saturated rings. The number of benzene rings is 1. The van der Waals surface area contributed by atoms with E-state index < -0.39 is 35.2 Å². The van der Waals surface area contributed by atoms with Crippen LogP contribution in [0.4, 0.5) is 18.9 Å². The Morgan fingerprint density at radius 2 is 2.06 bits per heavy atom. The minimum Gasteiger partial charge on any atom is -0.480 e. The lowest BCUT2D eigenvalue weighted by Gasteiger charge is -2.14. The second-order valence-electron chi connectivity index (χ2n) is 3.19. The van der Waals surface area contributed by atoms with Gasteiger partial charge in [-0.15, -0.1) is 0 Å². The Kier molecular flexibility index (Phi) is 3.76. The van der Waals surface area contributed by atoms with Crippen LogP contribution < -0.4 is 5.32 Å². The summed E-state index contributed by atoms with van der Waals surface area (Å²) in [4.78, 5) is 10.6. The van der Waals surface area contributed by atoms with Gasteiger partial charge < -0.3 is 10.4 Å². The Labute approximate surface area is 89.9 Å². The highest BCUT2D eigenvalue weighted by Gasteiger charge is 2.18. The van der Waals surface area contributed by atoms with Gasteiger partial charge in [-0.3, -0.25) is 0 Å². The van der Waals surface area contributed by atoms with Crippen LogP contribution >= 0.6 is 0 Å². The number of carboxylic acids is 1. The molecule has 6 heteroatoms. The largest absolute Gasteiger partial charge is 0.480 e. The minimum absolute atomic E-state index is 0.160. The number of halogens is 3. The molecule has 1 atom stereocenters. The predicted octanol–water partition coefficient (Wildman–Crippen LogP) is 2.38. The van der Waals surface area contributed by atoms with E-state index in [4.69, 9.17) is 5.11 Å². The smallest absolute Gasteiger partial charge is 0.326 e. The second kappa shape index (κ2) is 4.87. The number of hydrogen-bond donors (Lipinski definition) is 2. The Morgan fingerprint density at radius 1 is 1.44 bits per heavy atom. The molecule has 0 aliphatic carbocycles. The van der Waals surface area contributed by atoms with Crippen LogP contribution in [0.5, 0.6) is 0 Å². The van der Waals surface area contributed by atoms with Crippen molar-refractivity contribution in [2.24, 2.45) is 0 Å². The molecule has 0 amide bonds. The van der Waals surface area contributed by atoms with Crippen molar-refractivity contribution in [1.82, 2.24) is 0 Å². The van der Waals surface area contributed by atoms with Crippen LogP contribution in [-0.2, 0) is 4.79 Å². The molecule has 1 unspecified atom stereocenters. The number of anilines is 1. The molecular formula is C10H10F3NO2. The molecule has 0 saturated carbocycles. The molecule has 16 heavy (non-hydrogen) atoms. The lowest BCUT2D eigenvalue weighted by atomic mass is 10.2. The van der Waals surface area contributed by atoms with Gasteiger partial charge in [-0.2, -0.15) is 0 Å². The summed E-state index contributed by atoms with van der Waals surface area (Å²) < 4.78 is 38.7. The molecule has 88 valence electrons. The monoisotopic (exact) mass is 233 g/mol. The van der Waals surface area contributed by atoms with Gasteiger partial charge in [0.2, 0.25) is 0 Å². The van der Waals surface area contributed by atoms with Gasteiger partial charge in [0.15, 0.2) is 11.6 Å². The summed E-state index contributed by atoms with van der Waals surface area (Å²) in [7, 11) is 0. The van der Waals surface area contributed by atoms with Crippen LogP contribution in [0.3, 0.4) is 0 Å². The molecule has 1 rings (SSSR count). The summed E-state index contributed by atoms with van der Waals surface area (Å²) in [6.45, 7) is 1.55. The average molecular weight is 233 g/mol. The summed E-state index contributed by atoms with van der Waals surface area (Å²) in [6.07, 6.45) is 0.160. The fraction of sp³-hybridized carbons (Fsp3) is 0.300. The van der Waals surface area contributed by atoms with Crippen molar-refractivity contribution < 1.29 is 23.1 Å². The third-order valence-corrected chi connectivity index (χ3v) is 2.03. The van der Waals surface area contributed by atoms with Gasteiger partial charge >= 0.3 is 5.97 Å². The summed E-state index contributed by atoms with van der Waals surface area (Å²) >= 11 is 0. The van der Waals surface area contributed by atoms with Gasteiger partial charge in [-0.1, -0.05) is 6.92 Å². The summed E-state index contributed by atoms with van der Waals surface area (Å²) in [5, 5.41) is 10.9. The number of aliphatic carboxylic acids is 1. The quantitative estimate of drug-likeness (QED) is 0.785. The highest BCUT2D eigenvalue weighted by molar-refractivity contribution is 5.77. The first-order valence-corrected chi connectivity index (χ1v) is 4.59. The van der Waals surface area contributed by atoms with E-state index in [0.717, 1.165) is 0 Å². The van der Waals surface area contributed by atoms with Crippen LogP contribution in [0.2, 0.25) is 0 Å². The molecule has 0 heterocycles. The van der Waals surface area contributed by atoms with Crippen molar-refractivity contribution in [3.05, 3.63) is 29.6 Å². The number of carboxylic acid groups (broad SMARTS) is 1. The number of nitrogens with one attached hydrogen (secondary N) is 1. The third kappa shape index (κ3) is 2.65. The first-order valence-electron chi connectivity index (χ1n) is 4.59. The molecule has 0 bridgehead atoms. The average Bonchev–Trinajstić information content (AvgIpc) is 2.20. The fourth-order valence-electron chi connectivity index (χ4n) is 1.19. The second-order valence-corrected chi connectivity index (χ2v) is 3.19. The van der Waals surface area contributed by atoms with Crippen LogP contribution in [0, 0.1) is 17.5 Å². The van der Waals surface area contributed by atoms with E-state index in [2.05, 4.69) is 5.32 Å². The zero-order valence-corrected chi connectivity index (χ0v) is 8.43. The number of rotatable bonds is 4. The first-order chi connectivity index (χ1) is 7.45. The van der Waals surface area contributed by atoms with Gasteiger partial charge in [-0.25, -0.2) is 18.0 Å². The Hall–Kier alpha value is -1.72. The van der Waals surface area contributed by atoms with E-state index in [9.17, 15) is 18.0 Å². The zero-order valence-electron chi connectivity index (χ0n) is 8.43. The molecule has 0 radical (unpaired) electrons. The molecule has 1 aromatic rings. The lowest BCUT2D eigenvalue weighted by molar-refractivity contribution is -0.137.